The van der Waals surface area contributed by atoms with Gasteiger partial charge in [0.15, 0.2) is 0 Å². The number of rotatable bonds is 6. The number of benzene rings is 1. The topological polar surface area (TPSA) is 67.8 Å². The summed E-state index contributed by atoms with van der Waals surface area (Å²) in [5.41, 5.74) is 5.50. The molecule has 19 heavy (non-hydrogen) atoms. The van der Waals surface area contributed by atoms with Gasteiger partial charge in [-0.1, -0.05) is 29.8 Å². The van der Waals surface area contributed by atoms with Gasteiger partial charge in [0.25, 0.3) is 0 Å². The normalized spacial score (nSPS) is 14.2. The van der Waals surface area contributed by atoms with Crippen molar-refractivity contribution in [2.24, 2.45) is 10.9 Å². The van der Waals surface area contributed by atoms with Gasteiger partial charge in [-0.2, -0.15) is 0 Å². The van der Waals surface area contributed by atoms with Crippen molar-refractivity contribution in [3.05, 3.63) is 41.9 Å². The number of halogens is 2. The predicted octanol–water partition coefficient (Wildman–Crippen LogP) is 3.26. The molecule has 0 aliphatic heterocycles. The Hall–Kier alpha value is -1.23. The van der Waals surface area contributed by atoms with Gasteiger partial charge in [-0.25, -0.2) is 0 Å². The van der Waals surface area contributed by atoms with E-state index in [1.807, 2.05) is 6.92 Å². The molecule has 0 spiro atoms. The first-order chi connectivity index (χ1) is 8.55. The van der Waals surface area contributed by atoms with Gasteiger partial charge in [0.2, 0.25) is 0 Å². The molecule has 0 aliphatic carbocycles. The second-order valence-electron chi connectivity index (χ2n) is 3.89. The minimum absolute atomic E-state index is 0. The molecule has 1 unspecified atom stereocenters. The van der Waals surface area contributed by atoms with Gasteiger partial charge in [-0.15, -0.1) is 19.0 Å². The Balaban J connectivity index is 0.00000324. The largest absolute Gasteiger partial charge is 0.487 e. The number of hydrogen-bond donors (Lipinski definition) is 2. The molecular formula is C13H18Cl2N2O2. The molecule has 0 aromatic heterocycles. The van der Waals surface area contributed by atoms with Crippen LogP contribution < -0.4 is 10.5 Å². The summed E-state index contributed by atoms with van der Waals surface area (Å²) in [6.45, 7) is 5.62. The first kappa shape index (κ1) is 17.8. The molecule has 6 heteroatoms. The first-order valence-electron chi connectivity index (χ1n) is 5.58. The van der Waals surface area contributed by atoms with E-state index >= 15 is 0 Å². The molecule has 1 rings (SSSR count). The lowest BCUT2D eigenvalue weighted by molar-refractivity contribution is 0.299. The van der Waals surface area contributed by atoms with Crippen molar-refractivity contribution >= 4 is 29.7 Å². The second kappa shape index (κ2) is 8.04. The van der Waals surface area contributed by atoms with Crippen LogP contribution in [-0.4, -0.2) is 23.1 Å². The summed E-state index contributed by atoms with van der Waals surface area (Å²) in [6.07, 6.45) is 2.12. The van der Waals surface area contributed by atoms with Gasteiger partial charge < -0.3 is 15.7 Å². The molecular weight excluding hydrogens is 287 g/mol. The van der Waals surface area contributed by atoms with E-state index in [0.29, 0.717) is 22.9 Å². The highest BCUT2D eigenvalue weighted by Gasteiger charge is 2.27. The molecule has 0 aliphatic rings. The zero-order valence-corrected chi connectivity index (χ0v) is 12.2. The van der Waals surface area contributed by atoms with E-state index in [0.717, 1.165) is 0 Å². The lowest BCUT2D eigenvalue weighted by Gasteiger charge is -2.24. The number of hydrogen-bond acceptors (Lipinski definition) is 4. The molecule has 4 nitrogen and oxygen atoms in total. The minimum Gasteiger partial charge on any atom is -0.487 e. The smallest absolute Gasteiger partial charge is 0.132 e. The Labute approximate surface area is 124 Å². The van der Waals surface area contributed by atoms with Crippen LogP contribution in [0.3, 0.4) is 0 Å². The fraction of sp³-hybridized carbons (Fsp3) is 0.308. The number of oxime groups is 1. The fourth-order valence-corrected chi connectivity index (χ4v) is 1.53. The first-order valence-corrected chi connectivity index (χ1v) is 5.95. The van der Waals surface area contributed by atoms with Crippen LogP contribution in [0.25, 0.3) is 0 Å². The molecule has 3 N–H and O–H groups in total. The third-order valence-electron chi connectivity index (χ3n) is 2.80. The highest BCUT2D eigenvalue weighted by molar-refractivity contribution is 6.30. The number of nitrogens with two attached hydrogens (primary N) is 1. The maximum absolute atomic E-state index is 9.01. The monoisotopic (exact) mass is 304 g/mol. The van der Waals surface area contributed by atoms with E-state index < -0.39 is 5.54 Å². The quantitative estimate of drug-likeness (QED) is 0.367. The zero-order chi connectivity index (χ0) is 13.6. The van der Waals surface area contributed by atoms with Gasteiger partial charge in [-0.3, -0.25) is 0 Å². The Morgan fingerprint density at radius 3 is 2.53 bits per heavy atom. The van der Waals surface area contributed by atoms with Crippen LogP contribution in [-0.2, 0) is 0 Å². The van der Waals surface area contributed by atoms with Crippen molar-refractivity contribution in [2.75, 3.05) is 6.61 Å². The van der Waals surface area contributed by atoms with Crippen LogP contribution in [0.1, 0.15) is 13.3 Å². The van der Waals surface area contributed by atoms with Gasteiger partial charge in [0.1, 0.15) is 18.1 Å². The molecule has 0 amide bonds. The maximum Gasteiger partial charge on any atom is 0.132 e. The molecule has 1 atom stereocenters. The molecule has 0 radical (unpaired) electrons. The lowest BCUT2D eigenvalue weighted by Crippen LogP contribution is -2.48. The SMILES string of the molecule is C=CC(N)(CC)C(COc1ccc(Cl)cc1)=NO.Cl. The highest BCUT2D eigenvalue weighted by atomic mass is 35.5. The molecule has 0 fully saturated rings. The van der Waals surface area contributed by atoms with Crippen molar-refractivity contribution < 1.29 is 9.94 Å². The third-order valence-corrected chi connectivity index (χ3v) is 3.05. The molecule has 1 aromatic carbocycles. The molecule has 1 aromatic rings. The summed E-state index contributed by atoms with van der Waals surface area (Å²) in [6, 6.07) is 6.90. The van der Waals surface area contributed by atoms with Gasteiger partial charge >= 0.3 is 0 Å². The summed E-state index contributed by atoms with van der Waals surface area (Å²) in [5, 5.41) is 12.8. The van der Waals surface area contributed by atoms with Gasteiger partial charge in [-0.05, 0) is 30.7 Å². The molecule has 0 saturated carbocycles. The van der Waals surface area contributed by atoms with Gasteiger partial charge in [0.05, 0.1) is 5.54 Å². The Morgan fingerprint density at radius 2 is 2.11 bits per heavy atom. The summed E-state index contributed by atoms with van der Waals surface area (Å²) in [7, 11) is 0. The van der Waals surface area contributed by atoms with Crippen molar-refractivity contribution in [3.63, 3.8) is 0 Å². The molecule has 0 saturated heterocycles. The van der Waals surface area contributed by atoms with E-state index in [9.17, 15) is 0 Å². The van der Waals surface area contributed by atoms with Crippen molar-refractivity contribution in [1.82, 2.24) is 0 Å². The minimum atomic E-state index is -0.860. The summed E-state index contributed by atoms with van der Waals surface area (Å²) >= 11 is 5.77. The number of nitrogens with zero attached hydrogens (tertiary/aromatic N) is 1. The molecule has 0 bridgehead atoms. The van der Waals surface area contributed by atoms with E-state index in [1.54, 1.807) is 30.3 Å². The highest BCUT2D eigenvalue weighted by Crippen LogP contribution is 2.17. The predicted molar refractivity (Wildman–Crippen MR) is 80.8 cm³/mol. The fourth-order valence-electron chi connectivity index (χ4n) is 1.41. The average molecular weight is 305 g/mol. The number of ether oxygens (including phenoxy) is 1. The zero-order valence-electron chi connectivity index (χ0n) is 10.7. The van der Waals surface area contributed by atoms with Gasteiger partial charge in [0, 0.05) is 5.02 Å². The van der Waals surface area contributed by atoms with Crippen LogP contribution in [0, 0.1) is 0 Å². The van der Waals surface area contributed by atoms with E-state index in [1.165, 1.54) is 0 Å². The standard InChI is InChI=1S/C13H17ClN2O2.ClH/c1-3-13(15,4-2)12(16-17)9-18-11-7-5-10(14)6-8-11;/h3,5-8,17H,1,4,9,15H2,2H3;1H. The maximum atomic E-state index is 9.01. The summed E-state index contributed by atoms with van der Waals surface area (Å²) in [5.74, 6) is 0.628. The van der Waals surface area contributed by atoms with E-state index in [-0.39, 0.29) is 19.0 Å². The Bertz CT molecular complexity index is 435. The molecule has 106 valence electrons. The van der Waals surface area contributed by atoms with Crippen molar-refractivity contribution in [2.45, 2.75) is 18.9 Å². The Morgan fingerprint density at radius 1 is 1.53 bits per heavy atom. The van der Waals surface area contributed by atoms with Crippen LogP contribution >= 0.6 is 24.0 Å². The van der Waals surface area contributed by atoms with Crippen molar-refractivity contribution in [1.29, 1.82) is 0 Å². The molecule has 0 heterocycles. The van der Waals surface area contributed by atoms with Crippen LogP contribution in [0.2, 0.25) is 5.02 Å². The Kier molecular flexibility index (Phi) is 7.52. The summed E-state index contributed by atoms with van der Waals surface area (Å²) < 4.78 is 5.49. The van der Waals surface area contributed by atoms with Crippen LogP contribution in [0.15, 0.2) is 42.1 Å². The van der Waals surface area contributed by atoms with Crippen LogP contribution in [0.5, 0.6) is 5.75 Å². The average Bonchev–Trinajstić information content (AvgIpc) is 2.41. The third kappa shape index (κ3) is 4.74. The summed E-state index contributed by atoms with van der Waals surface area (Å²) in [4.78, 5) is 0. The van der Waals surface area contributed by atoms with E-state index in [4.69, 9.17) is 27.3 Å². The lowest BCUT2D eigenvalue weighted by atomic mass is 9.92. The van der Waals surface area contributed by atoms with E-state index in [2.05, 4.69) is 11.7 Å². The van der Waals surface area contributed by atoms with Crippen molar-refractivity contribution in [3.8, 4) is 5.75 Å². The second-order valence-corrected chi connectivity index (χ2v) is 4.32. The van der Waals surface area contributed by atoms with Crippen LogP contribution in [0.4, 0.5) is 0 Å².